The van der Waals surface area contributed by atoms with Crippen LogP contribution >= 0.6 is 0 Å². The molecule has 0 aromatic heterocycles. The molecule has 3 heteroatoms. The van der Waals surface area contributed by atoms with Gasteiger partial charge in [-0.3, -0.25) is 0 Å². The number of carboxylic acid groups (broad SMARTS) is 1. The molecule has 0 heterocycles. The van der Waals surface area contributed by atoms with E-state index < -0.39 is 5.97 Å². The number of rotatable bonds is 3. The number of methoxy groups -OCH3 is 1. The third-order valence-electron chi connectivity index (χ3n) is 2.47. The zero-order valence-electron chi connectivity index (χ0n) is 10.7. The first-order chi connectivity index (χ1) is 7.86. The summed E-state index contributed by atoms with van der Waals surface area (Å²) < 4.78 is 5.27. The second-order valence-electron chi connectivity index (χ2n) is 4.85. The van der Waals surface area contributed by atoms with Crippen LogP contribution in [0.4, 0.5) is 0 Å². The molecule has 1 rings (SSSR count). The van der Waals surface area contributed by atoms with Crippen LogP contribution in [0, 0.1) is 5.41 Å². The van der Waals surface area contributed by atoms with E-state index in [1.807, 2.05) is 45.0 Å². The van der Waals surface area contributed by atoms with Crippen molar-refractivity contribution in [2.75, 3.05) is 7.11 Å². The van der Waals surface area contributed by atoms with Crippen molar-refractivity contribution >= 4 is 11.5 Å². The number of allylic oxidation sites excluding steroid dienone is 1. The molecular formula is C14H18O3. The number of aliphatic carboxylic acids is 1. The Kier molecular flexibility index (Phi) is 3.94. The maximum absolute atomic E-state index is 10.9. The molecule has 0 aliphatic carbocycles. The maximum atomic E-state index is 10.9. The fraction of sp³-hybridized carbons (Fsp3) is 0.357. The number of para-hydroxylation sites is 1. The van der Waals surface area contributed by atoms with Gasteiger partial charge in [-0.15, -0.1) is 0 Å². The van der Waals surface area contributed by atoms with Crippen molar-refractivity contribution in [2.45, 2.75) is 20.8 Å². The monoisotopic (exact) mass is 234 g/mol. The SMILES string of the molecule is COc1ccccc1/C(=C/C(=O)O)C(C)(C)C. The lowest BCUT2D eigenvalue weighted by molar-refractivity contribution is -0.131. The molecule has 0 aliphatic rings. The molecule has 0 unspecified atom stereocenters. The lowest BCUT2D eigenvalue weighted by Gasteiger charge is -2.24. The molecule has 0 radical (unpaired) electrons. The molecule has 1 aromatic carbocycles. The van der Waals surface area contributed by atoms with E-state index in [1.165, 1.54) is 6.08 Å². The largest absolute Gasteiger partial charge is 0.496 e. The quantitative estimate of drug-likeness (QED) is 0.817. The van der Waals surface area contributed by atoms with Gasteiger partial charge in [0.1, 0.15) is 5.75 Å². The Morgan fingerprint density at radius 3 is 2.35 bits per heavy atom. The Balaban J connectivity index is 3.38. The van der Waals surface area contributed by atoms with Gasteiger partial charge in [0.05, 0.1) is 7.11 Å². The van der Waals surface area contributed by atoms with Crippen LogP contribution in [0.1, 0.15) is 26.3 Å². The van der Waals surface area contributed by atoms with Crippen molar-refractivity contribution in [3.8, 4) is 5.75 Å². The van der Waals surface area contributed by atoms with E-state index in [2.05, 4.69) is 0 Å². The number of carbonyl (C=O) groups is 1. The van der Waals surface area contributed by atoms with Gasteiger partial charge < -0.3 is 9.84 Å². The van der Waals surface area contributed by atoms with Gasteiger partial charge in [-0.05, 0) is 17.1 Å². The van der Waals surface area contributed by atoms with Crippen LogP contribution in [-0.2, 0) is 4.79 Å². The van der Waals surface area contributed by atoms with E-state index in [4.69, 9.17) is 9.84 Å². The molecule has 1 aromatic rings. The van der Waals surface area contributed by atoms with Crippen LogP contribution in [0.25, 0.3) is 5.57 Å². The molecule has 92 valence electrons. The van der Waals surface area contributed by atoms with Gasteiger partial charge in [-0.25, -0.2) is 4.79 Å². The second-order valence-corrected chi connectivity index (χ2v) is 4.85. The highest BCUT2D eigenvalue weighted by molar-refractivity contribution is 5.92. The molecule has 0 amide bonds. The van der Waals surface area contributed by atoms with Gasteiger partial charge in [-0.2, -0.15) is 0 Å². The van der Waals surface area contributed by atoms with Crippen molar-refractivity contribution < 1.29 is 14.6 Å². The number of benzene rings is 1. The third-order valence-corrected chi connectivity index (χ3v) is 2.47. The smallest absolute Gasteiger partial charge is 0.328 e. The summed E-state index contributed by atoms with van der Waals surface area (Å²) in [6.45, 7) is 5.94. The molecule has 3 nitrogen and oxygen atoms in total. The number of hydrogen-bond acceptors (Lipinski definition) is 2. The van der Waals surface area contributed by atoms with Gasteiger partial charge in [0.2, 0.25) is 0 Å². The van der Waals surface area contributed by atoms with E-state index in [0.29, 0.717) is 5.75 Å². The normalized spacial score (nSPS) is 12.4. The van der Waals surface area contributed by atoms with Crippen molar-refractivity contribution in [3.05, 3.63) is 35.9 Å². The standard InChI is InChI=1S/C14H18O3/c1-14(2,3)11(9-13(15)16)10-7-5-6-8-12(10)17-4/h5-9H,1-4H3,(H,15,16)/b11-9-. The van der Waals surface area contributed by atoms with Crippen LogP contribution in [0.5, 0.6) is 5.75 Å². The summed E-state index contributed by atoms with van der Waals surface area (Å²) in [6, 6.07) is 7.44. The summed E-state index contributed by atoms with van der Waals surface area (Å²) in [5.41, 5.74) is 1.32. The van der Waals surface area contributed by atoms with Crippen LogP contribution in [0.2, 0.25) is 0 Å². The Labute approximate surface area is 102 Å². The van der Waals surface area contributed by atoms with Crippen molar-refractivity contribution in [1.29, 1.82) is 0 Å². The maximum Gasteiger partial charge on any atom is 0.328 e. The molecular weight excluding hydrogens is 216 g/mol. The van der Waals surface area contributed by atoms with E-state index >= 15 is 0 Å². The first-order valence-corrected chi connectivity index (χ1v) is 5.44. The predicted octanol–water partition coefficient (Wildman–Crippen LogP) is 3.21. The van der Waals surface area contributed by atoms with Gasteiger partial charge in [0.15, 0.2) is 0 Å². The number of hydrogen-bond donors (Lipinski definition) is 1. The first kappa shape index (κ1) is 13.3. The number of ether oxygens (including phenoxy) is 1. The minimum Gasteiger partial charge on any atom is -0.496 e. The summed E-state index contributed by atoms with van der Waals surface area (Å²) in [5, 5.41) is 8.95. The lowest BCUT2D eigenvalue weighted by atomic mass is 9.81. The highest BCUT2D eigenvalue weighted by atomic mass is 16.5. The summed E-state index contributed by atoms with van der Waals surface area (Å²) in [4.78, 5) is 10.9. The number of carboxylic acids is 1. The fourth-order valence-electron chi connectivity index (χ4n) is 1.69. The fourth-order valence-corrected chi connectivity index (χ4v) is 1.69. The van der Waals surface area contributed by atoms with Crippen molar-refractivity contribution in [2.24, 2.45) is 5.41 Å². The summed E-state index contributed by atoms with van der Waals surface area (Å²) in [5.74, 6) is -0.254. The third kappa shape index (κ3) is 3.34. The minimum atomic E-state index is -0.944. The lowest BCUT2D eigenvalue weighted by Crippen LogP contribution is -2.11. The summed E-state index contributed by atoms with van der Waals surface area (Å²) in [6.07, 6.45) is 1.25. The molecule has 0 saturated carbocycles. The molecule has 0 aliphatic heterocycles. The molecule has 1 N–H and O–H groups in total. The molecule has 0 saturated heterocycles. The molecule has 17 heavy (non-hydrogen) atoms. The summed E-state index contributed by atoms with van der Waals surface area (Å²) in [7, 11) is 1.58. The average molecular weight is 234 g/mol. The van der Waals surface area contributed by atoms with Crippen LogP contribution < -0.4 is 4.74 Å². The highest BCUT2D eigenvalue weighted by Crippen LogP contribution is 2.38. The predicted molar refractivity (Wildman–Crippen MR) is 68.1 cm³/mol. The van der Waals surface area contributed by atoms with Crippen LogP contribution in [0.3, 0.4) is 0 Å². The Morgan fingerprint density at radius 2 is 1.88 bits per heavy atom. The van der Waals surface area contributed by atoms with Crippen LogP contribution in [0.15, 0.2) is 30.3 Å². The van der Waals surface area contributed by atoms with Gasteiger partial charge in [0.25, 0.3) is 0 Å². The van der Waals surface area contributed by atoms with E-state index in [1.54, 1.807) is 7.11 Å². The van der Waals surface area contributed by atoms with E-state index in [0.717, 1.165) is 11.1 Å². The molecule has 0 atom stereocenters. The van der Waals surface area contributed by atoms with Gasteiger partial charge >= 0.3 is 5.97 Å². The minimum absolute atomic E-state index is 0.257. The zero-order valence-corrected chi connectivity index (χ0v) is 10.7. The average Bonchev–Trinajstić information content (AvgIpc) is 2.24. The first-order valence-electron chi connectivity index (χ1n) is 5.44. The summed E-state index contributed by atoms with van der Waals surface area (Å²) >= 11 is 0. The Hall–Kier alpha value is -1.77. The topological polar surface area (TPSA) is 46.5 Å². The zero-order chi connectivity index (χ0) is 13.1. The van der Waals surface area contributed by atoms with Crippen molar-refractivity contribution in [1.82, 2.24) is 0 Å². The van der Waals surface area contributed by atoms with Gasteiger partial charge in [-0.1, -0.05) is 39.0 Å². The van der Waals surface area contributed by atoms with Crippen LogP contribution in [-0.4, -0.2) is 18.2 Å². The van der Waals surface area contributed by atoms with Gasteiger partial charge in [0, 0.05) is 11.6 Å². The molecule has 0 fully saturated rings. The molecule has 0 bridgehead atoms. The van der Waals surface area contributed by atoms with Crippen molar-refractivity contribution in [3.63, 3.8) is 0 Å². The van der Waals surface area contributed by atoms with E-state index in [9.17, 15) is 4.79 Å². The second kappa shape index (κ2) is 5.04. The Bertz CT molecular complexity index is 439. The Morgan fingerprint density at radius 1 is 1.29 bits per heavy atom. The van der Waals surface area contributed by atoms with E-state index in [-0.39, 0.29) is 5.41 Å². The highest BCUT2D eigenvalue weighted by Gasteiger charge is 2.22. The molecule has 0 spiro atoms.